The fraction of sp³-hybridized carbons (Fsp3) is 0.905. The second-order valence-electron chi connectivity index (χ2n) is 10.3. The molecular weight excluding hydrogens is 410 g/mol. The van der Waals surface area contributed by atoms with Gasteiger partial charge in [0.2, 0.25) is 5.91 Å². The van der Waals surface area contributed by atoms with Crippen molar-refractivity contribution in [2.75, 3.05) is 13.2 Å². The first-order chi connectivity index (χ1) is 14.1. The van der Waals surface area contributed by atoms with Crippen molar-refractivity contribution in [3.05, 3.63) is 0 Å². The largest absolute Gasteiger partial charge is 0.443 e. The zero-order valence-corrected chi connectivity index (χ0v) is 19.3. The number of rotatable bonds is 4. The van der Waals surface area contributed by atoms with Gasteiger partial charge in [-0.25, -0.2) is 9.69 Å². The summed E-state index contributed by atoms with van der Waals surface area (Å²) in [6.07, 6.45) is -4.75. The second kappa shape index (κ2) is 8.24. The van der Waals surface area contributed by atoms with Gasteiger partial charge in [-0.3, -0.25) is 4.79 Å². The summed E-state index contributed by atoms with van der Waals surface area (Å²) in [5.41, 5.74) is -0.842. The maximum atomic E-state index is 13.2. The van der Waals surface area contributed by atoms with Crippen LogP contribution in [0.25, 0.3) is 0 Å². The predicted octanol–water partition coefficient (Wildman–Crippen LogP) is 1.16. The molecule has 0 aromatic rings. The molecule has 0 saturated carbocycles. The topological polar surface area (TPSA) is 124 Å². The van der Waals surface area contributed by atoms with E-state index in [0.717, 1.165) is 4.90 Å². The van der Waals surface area contributed by atoms with Gasteiger partial charge in [-0.15, -0.1) is 0 Å². The fourth-order valence-corrected chi connectivity index (χ4v) is 4.20. The Kier molecular flexibility index (Phi) is 6.47. The van der Waals surface area contributed by atoms with Gasteiger partial charge >= 0.3 is 6.09 Å². The average Bonchev–Trinajstić information content (AvgIpc) is 3.26. The van der Waals surface area contributed by atoms with Gasteiger partial charge < -0.3 is 33.9 Å². The summed E-state index contributed by atoms with van der Waals surface area (Å²) in [6, 6.07) is -0.945. The number of likely N-dealkylation sites (tertiary alicyclic amines) is 1. The van der Waals surface area contributed by atoms with Crippen molar-refractivity contribution in [1.29, 1.82) is 0 Å². The van der Waals surface area contributed by atoms with Crippen LogP contribution in [0.15, 0.2) is 0 Å². The lowest BCUT2D eigenvalue weighted by molar-refractivity contribution is -0.159. The molecule has 3 aliphatic heterocycles. The lowest BCUT2D eigenvalue weighted by Gasteiger charge is -2.31. The molecule has 0 bridgehead atoms. The summed E-state index contributed by atoms with van der Waals surface area (Å²) in [6.45, 7) is 12.2. The zero-order valence-electron chi connectivity index (χ0n) is 19.3. The number of aliphatic hydroxyl groups excluding tert-OH is 2. The molecule has 31 heavy (non-hydrogen) atoms. The number of imide groups is 1. The average molecular weight is 446 g/mol. The van der Waals surface area contributed by atoms with E-state index in [-0.39, 0.29) is 19.6 Å². The number of aliphatic hydroxyl groups is 2. The molecule has 0 radical (unpaired) electrons. The Morgan fingerprint density at radius 1 is 1.03 bits per heavy atom. The van der Waals surface area contributed by atoms with Gasteiger partial charge in [0.25, 0.3) is 0 Å². The normalized spacial score (nSPS) is 34.7. The molecule has 178 valence electrons. The maximum absolute atomic E-state index is 13.2. The quantitative estimate of drug-likeness (QED) is 0.656. The Balaban J connectivity index is 1.82. The van der Waals surface area contributed by atoms with Crippen LogP contribution in [0.3, 0.4) is 0 Å². The van der Waals surface area contributed by atoms with E-state index in [1.54, 1.807) is 48.5 Å². The SMILES string of the molecule is CC(C)(C)OC(=O)N1C(=O)[C@@H]([C@H](O)[C@@H]2COC(C)(C)O2)C[C@H]1[C@@H](O)[C@@H]1COC(C)(C)O1. The van der Waals surface area contributed by atoms with Crippen LogP contribution in [0.5, 0.6) is 0 Å². The molecule has 2 amide bonds. The molecule has 10 heteroatoms. The number of amides is 2. The number of carbonyl (C=O) groups is 2. The van der Waals surface area contributed by atoms with E-state index >= 15 is 0 Å². The van der Waals surface area contributed by atoms with Gasteiger partial charge in [0.15, 0.2) is 11.6 Å². The third-order valence-electron chi connectivity index (χ3n) is 5.60. The first-order valence-corrected chi connectivity index (χ1v) is 10.7. The Hall–Kier alpha value is -1.30. The molecule has 3 saturated heterocycles. The van der Waals surface area contributed by atoms with E-state index in [0.29, 0.717) is 0 Å². The molecular formula is C21H35NO9. The van der Waals surface area contributed by atoms with E-state index in [2.05, 4.69) is 0 Å². The summed E-state index contributed by atoms with van der Waals surface area (Å²) in [5, 5.41) is 21.9. The summed E-state index contributed by atoms with van der Waals surface area (Å²) in [4.78, 5) is 27.0. The van der Waals surface area contributed by atoms with Crippen molar-refractivity contribution < 1.29 is 43.5 Å². The zero-order chi connectivity index (χ0) is 23.4. The minimum absolute atomic E-state index is 0.0288. The van der Waals surface area contributed by atoms with Gasteiger partial charge in [-0.05, 0) is 54.9 Å². The van der Waals surface area contributed by atoms with Crippen LogP contribution in [0, 0.1) is 5.92 Å². The van der Waals surface area contributed by atoms with Crippen molar-refractivity contribution in [1.82, 2.24) is 4.90 Å². The Morgan fingerprint density at radius 2 is 1.52 bits per heavy atom. The highest BCUT2D eigenvalue weighted by Gasteiger charge is 2.55. The molecule has 3 rings (SSSR count). The van der Waals surface area contributed by atoms with Gasteiger partial charge in [0, 0.05) is 0 Å². The molecule has 0 aromatic carbocycles. The first kappa shape index (κ1) is 24.3. The lowest BCUT2D eigenvalue weighted by atomic mass is 9.92. The maximum Gasteiger partial charge on any atom is 0.417 e. The number of hydrogen-bond donors (Lipinski definition) is 2. The Morgan fingerprint density at radius 3 is 1.94 bits per heavy atom. The number of carbonyl (C=O) groups excluding carboxylic acids is 2. The number of ether oxygens (including phenoxy) is 5. The molecule has 0 aromatic heterocycles. The minimum atomic E-state index is -1.22. The van der Waals surface area contributed by atoms with Gasteiger partial charge in [-0.2, -0.15) is 0 Å². The molecule has 0 spiro atoms. The van der Waals surface area contributed by atoms with Gasteiger partial charge in [0.05, 0.1) is 31.3 Å². The van der Waals surface area contributed by atoms with Crippen molar-refractivity contribution in [3.63, 3.8) is 0 Å². The van der Waals surface area contributed by atoms with E-state index in [4.69, 9.17) is 23.7 Å². The van der Waals surface area contributed by atoms with Crippen LogP contribution in [0.1, 0.15) is 54.9 Å². The smallest absolute Gasteiger partial charge is 0.417 e. The van der Waals surface area contributed by atoms with Crippen molar-refractivity contribution in [2.45, 2.75) is 103 Å². The molecule has 3 heterocycles. The number of nitrogens with zero attached hydrogens (tertiary/aromatic N) is 1. The van der Waals surface area contributed by atoms with Crippen molar-refractivity contribution in [2.24, 2.45) is 5.92 Å². The molecule has 0 unspecified atom stereocenters. The van der Waals surface area contributed by atoms with Crippen LogP contribution in [0.4, 0.5) is 4.79 Å². The first-order valence-electron chi connectivity index (χ1n) is 10.7. The highest BCUT2D eigenvalue weighted by molar-refractivity contribution is 5.96. The highest BCUT2D eigenvalue weighted by Crippen LogP contribution is 2.37. The third kappa shape index (κ3) is 5.37. The van der Waals surface area contributed by atoms with E-state index in [1.165, 1.54) is 0 Å². The minimum Gasteiger partial charge on any atom is -0.443 e. The molecule has 6 atom stereocenters. The predicted molar refractivity (Wildman–Crippen MR) is 107 cm³/mol. The van der Waals surface area contributed by atoms with E-state index in [9.17, 15) is 19.8 Å². The summed E-state index contributed by atoms with van der Waals surface area (Å²) in [5.74, 6) is -3.36. The second-order valence-corrected chi connectivity index (χ2v) is 10.3. The van der Waals surface area contributed by atoms with Crippen LogP contribution in [-0.2, 0) is 28.5 Å². The monoisotopic (exact) mass is 445 g/mol. The fourth-order valence-electron chi connectivity index (χ4n) is 4.20. The molecule has 3 aliphatic rings. The van der Waals surface area contributed by atoms with Crippen LogP contribution < -0.4 is 0 Å². The lowest BCUT2D eigenvalue weighted by Crippen LogP contribution is -2.51. The number of hydrogen-bond acceptors (Lipinski definition) is 9. The summed E-state index contributed by atoms with van der Waals surface area (Å²) < 4.78 is 27.9. The Bertz CT molecular complexity index is 701. The van der Waals surface area contributed by atoms with E-state index < -0.39 is 65.6 Å². The van der Waals surface area contributed by atoms with Gasteiger partial charge in [0.1, 0.15) is 23.9 Å². The summed E-state index contributed by atoms with van der Waals surface area (Å²) >= 11 is 0. The summed E-state index contributed by atoms with van der Waals surface area (Å²) in [7, 11) is 0. The van der Waals surface area contributed by atoms with Crippen LogP contribution in [0.2, 0.25) is 0 Å². The van der Waals surface area contributed by atoms with Crippen molar-refractivity contribution in [3.8, 4) is 0 Å². The van der Waals surface area contributed by atoms with Gasteiger partial charge in [-0.1, -0.05) is 0 Å². The standard InChI is InChI=1S/C21H35NO9/c1-19(2,3)31-18(26)22-12(16(24)14-10-28-21(6,7)30-14)8-11(17(22)25)15(23)13-9-27-20(4,5)29-13/h11-16,23-24H,8-10H2,1-7H3/t11-,12+,13+,14+,15+,16-/m1/s1. The Labute approximate surface area is 182 Å². The molecule has 2 N–H and O–H groups in total. The molecule has 10 nitrogen and oxygen atoms in total. The molecule has 0 aliphatic carbocycles. The third-order valence-corrected chi connectivity index (χ3v) is 5.60. The highest BCUT2D eigenvalue weighted by atomic mass is 16.8. The van der Waals surface area contributed by atoms with Crippen molar-refractivity contribution >= 4 is 12.0 Å². The van der Waals surface area contributed by atoms with Crippen LogP contribution >= 0.6 is 0 Å². The van der Waals surface area contributed by atoms with Crippen LogP contribution in [-0.4, -0.2) is 88.0 Å². The van der Waals surface area contributed by atoms with E-state index in [1.807, 2.05) is 0 Å². The molecule has 3 fully saturated rings.